The van der Waals surface area contributed by atoms with Gasteiger partial charge in [0.25, 0.3) is 0 Å². The van der Waals surface area contributed by atoms with Gasteiger partial charge < -0.3 is 10.4 Å². The predicted octanol–water partition coefficient (Wildman–Crippen LogP) is 2.24. The first kappa shape index (κ1) is 16.1. The Morgan fingerprint density at radius 2 is 1.74 bits per heavy atom. The number of carbonyl (C=O) groups is 1. The molecule has 0 aliphatic heterocycles. The molecule has 0 aromatic carbocycles. The van der Waals surface area contributed by atoms with Gasteiger partial charge in [-0.3, -0.25) is 4.79 Å². The summed E-state index contributed by atoms with van der Waals surface area (Å²) in [6.45, 7) is 1.26. The Morgan fingerprint density at radius 3 is 2.11 bits per heavy atom. The van der Waals surface area contributed by atoms with Gasteiger partial charge in [-0.25, -0.2) is 0 Å². The molecule has 0 aromatic heterocycles. The number of aliphatic hydroxyl groups excluding tert-OH is 1. The van der Waals surface area contributed by atoms with Crippen molar-refractivity contribution < 1.29 is 31.9 Å². The van der Waals surface area contributed by atoms with Gasteiger partial charge in [0.05, 0.1) is 12.1 Å². The van der Waals surface area contributed by atoms with Gasteiger partial charge in [-0.05, 0) is 31.6 Å². The first-order valence-corrected chi connectivity index (χ1v) is 5.92. The molecule has 1 aliphatic rings. The third-order valence-electron chi connectivity index (χ3n) is 3.55. The molecule has 1 saturated carbocycles. The number of carbonyl (C=O) groups excluding carboxylic acids is 1. The van der Waals surface area contributed by atoms with Crippen molar-refractivity contribution in [2.75, 3.05) is 6.61 Å². The molecule has 0 bridgehead atoms. The fourth-order valence-electron chi connectivity index (χ4n) is 2.09. The summed E-state index contributed by atoms with van der Waals surface area (Å²) in [7, 11) is 0. The fraction of sp³-hybridized carbons (Fsp3) is 0.909. The van der Waals surface area contributed by atoms with Crippen molar-refractivity contribution >= 4 is 5.91 Å². The summed E-state index contributed by atoms with van der Waals surface area (Å²) in [5.74, 6) is -7.55. The second kappa shape index (κ2) is 5.22. The quantitative estimate of drug-likeness (QED) is 0.783. The van der Waals surface area contributed by atoms with Crippen molar-refractivity contribution in [3.63, 3.8) is 0 Å². The Bertz CT molecular complexity index is 334. The molecular weight excluding hydrogens is 273 g/mol. The van der Waals surface area contributed by atoms with E-state index in [9.17, 15) is 31.9 Å². The van der Waals surface area contributed by atoms with E-state index in [1.54, 1.807) is 5.32 Å². The van der Waals surface area contributed by atoms with Gasteiger partial charge in [-0.2, -0.15) is 22.0 Å². The molecular formula is C11H16F5NO2. The fourth-order valence-corrected chi connectivity index (χ4v) is 2.09. The van der Waals surface area contributed by atoms with Gasteiger partial charge in [-0.1, -0.05) is 6.92 Å². The Balaban J connectivity index is 2.79. The lowest BCUT2D eigenvalue weighted by atomic mass is 9.77. The second-order valence-electron chi connectivity index (χ2n) is 5.15. The van der Waals surface area contributed by atoms with E-state index in [-0.39, 0.29) is 12.8 Å². The molecule has 2 N–H and O–H groups in total. The number of hydrogen-bond acceptors (Lipinski definition) is 2. The molecule has 1 amide bonds. The molecule has 0 radical (unpaired) electrons. The van der Waals surface area contributed by atoms with Crippen LogP contribution in [0.5, 0.6) is 0 Å². The molecule has 0 aromatic rings. The maximum absolute atomic E-state index is 12.8. The lowest BCUT2D eigenvalue weighted by Gasteiger charge is -2.39. The number of hydrogen-bond donors (Lipinski definition) is 2. The first-order valence-electron chi connectivity index (χ1n) is 5.92. The summed E-state index contributed by atoms with van der Waals surface area (Å²) in [5.41, 5.74) is -1.38. The van der Waals surface area contributed by atoms with Crippen LogP contribution < -0.4 is 5.32 Å². The van der Waals surface area contributed by atoms with Crippen LogP contribution in [0.3, 0.4) is 0 Å². The van der Waals surface area contributed by atoms with Gasteiger partial charge in [0.2, 0.25) is 0 Å². The average molecular weight is 289 g/mol. The van der Waals surface area contributed by atoms with E-state index >= 15 is 0 Å². The number of alkyl halides is 5. The Morgan fingerprint density at radius 1 is 1.26 bits per heavy atom. The molecule has 0 spiro atoms. The van der Waals surface area contributed by atoms with Gasteiger partial charge in [0, 0.05) is 0 Å². The summed E-state index contributed by atoms with van der Waals surface area (Å²) in [4.78, 5) is 11.1. The standard InChI is InChI=1S/C11H16F5NO2/c1-7-2-4-9(6-18,5-3-7)17-8(19)10(12,13)11(14,15)16/h7,18H,2-6H2,1H3,(H,17,19). The normalized spacial score (nSPS) is 29.1. The lowest BCUT2D eigenvalue weighted by molar-refractivity contribution is -0.270. The summed E-state index contributed by atoms with van der Waals surface area (Å²) < 4.78 is 61.9. The molecule has 0 unspecified atom stereocenters. The van der Waals surface area contributed by atoms with Crippen LogP contribution in [0, 0.1) is 5.92 Å². The molecule has 1 fully saturated rings. The molecule has 0 atom stereocenters. The monoisotopic (exact) mass is 289 g/mol. The van der Waals surface area contributed by atoms with Gasteiger partial charge in [0.1, 0.15) is 0 Å². The third kappa shape index (κ3) is 3.34. The number of aliphatic hydroxyl groups is 1. The molecule has 8 heteroatoms. The maximum Gasteiger partial charge on any atom is 0.463 e. The van der Waals surface area contributed by atoms with Crippen molar-refractivity contribution in [1.82, 2.24) is 5.32 Å². The molecule has 1 aliphatic carbocycles. The molecule has 112 valence electrons. The maximum atomic E-state index is 12.8. The van der Waals surface area contributed by atoms with E-state index in [2.05, 4.69) is 0 Å². The third-order valence-corrected chi connectivity index (χ3v) is 3.55. The smallest absolute Gasteiger partial charge is 0.394 e. The largest absolute Gasteiger partial charge is 0.463 e. The van der Waals surface area contributed by atoms with E-state index in [0.29, 0.717) is 18.8 Å². The molecule has 1 rings (SSSR count). The number of nitrogens with one attached hydrogen (secondary N) is 1. The van der Waals surface area contributed by atoms with E-state index < -0.39 is 30.2 Å². The van der Waals surface area contributed by atoms with Gasteiger partial charge >= 0.3 is 18.0 Å². The molecule has 0 saturated heterocycles. The van der Waals surface area contributed by atoms with Gasteiger partial charge in [0.15, 0.2) is 0 Å². The summed E-state index contributed by atoms with van der Waals surface area (Å²) >= 11 is 0. The Kier molecular flexibility index (Phi) is 4.44. The van der Waals surface area contributed by atoms with Crippen LogP contribution in [-0.4, -0.2) is 35.3 Å². The number of halogens is 5. The van der Waals surface area contributed by atoms with Crippen LogP contribution in [0.4, 0.5) is 22.0 Å². The highest BCUT2D eigenvalue weighted by Gasteiger charge is 2.64. The molecule has 19 heavy (non-hydrogen) atoms. The van der Waals surface area contributed by atoms with Crippen molar-refractivity contribution in [2.45, 2.75) is 50.2 Å². The second-order valence-corrected chi connectivity index (χ2v) is 5.15. The molecule has 0 heterocycles. The first-order chi connectivity index (χ1) is 8.54. The number of amides is 1. The minimum absolute atomic E-state index is 0.185. The summed E-state index contributed by atoms with van der Waals surface area (Å²) in [6, 6.07) is 0. The zero-order valence-electron chi connectivity index (χ0n) is 10.4. The van der Waals surface area contributed by atoms with Crippen LogP contribution >= 0.6 is 0 Å². The number of rotatable bonds is 3. The van der Waals surface area contributed by atoms with Crippen LogP contribution in [0.2, 0.25) is 0 Å². The SMILES string of the molecule is CC1CCC(CO)(NC(=O)C(F)(F)C(F)(F)F)CC1. The highest BCUT2D eigenvalue weighted by Crippen LogP contribution is 2.37. The highest BCUT2D eigenvalue weighted by molar-refractivity contribution is 5.85. The average Bonchev–Trinajstić information content (AvgIpc) is 2.31. The van der Waals surface area contributed by atoms with E-state index in [1.165, 1.54) is 0 Å². The van der Waals surface area contributed by atoms with Crippen LogP contribution in [0.15, 0.2) is 0 Å². The lowest BCUT2D eigenvalue weighted by Crippen LogP contribution is -2.60. The molecule has 3 nitrogen and oxygen atoms in total. The Hall–Kier alpha value is -0.920. The van der Waals surface area contributed by atoms with E-state index in [0.717, 1.165) is 0 Å². The van der Waals surface area contributed by atoms with Crippen molar-refractivity contribution in [3.8, 4) is 0 Å². The summed E-state index contributed by atoms with van der Waals surface area (Å²) in [5, 5.41) is 10.9. The zero-order valence-corrected chi connectivity index (χ0v) is 10.4. The van der Waals surface area contributed by atoms with Crippen LogP contribution in [0.1, 0.15) is 32.6 Å². The topological polar surface area (TPSA) is 49.3 Å². The van der Waals surface area contributed by atoms with Gasteiger partial charge in [-0.15, -0.1) is 0 Å². The minimum atomic E-state index is -5.93. The van der Waals surface area contributed by atoms with Crippen molar-refractivity contribution in [1.29, 1.82) is 0 Å². The van der Waals surface area contributed by atoms with Crippen molar-refractivity contribution in [3.05, 3.63) is 0 Å². The van der Waals surface area contributed by atoms with E-state index in [1.807, 2.05) is 6.92 Å². The minimum Gasteiger partial charge on any atom is -0.394 e. The predicted molar refractivity (Wildman–Crippen MR) is 56.6 cm³/mol. The van der Waals surface area contributed by atoms with Crippen molar-refractivity contribution in [2.24, 2.45) is 5.92 Å². The Labute approximate surface area is 107 Å². The highest BCUT2D eigenvalue weighted by atomic mass is 19.4. The van der Waals surface area contributed by atoms with Crippen LogP contribution in [-0.2, 0) is 4.79 Å². The van der Waals surface area contributed by atoms with E-state index in [4.69, 9.17) is 0 Å². The van der Waals surface area contributed by atoms with Crippen LogP contribution in [0.25, 0.3) is 0 Å². The summed E-state index contributed by atoms with van der Waals surface area (Å²) in [6.07, 6.45) is -4.46. The zero-order chi connectivity index (χ0) is 14.9.